The molecule has 0 fully saturated rings. The zero-order chi connectivity index (χ0) is 16.4. The van der Waals surface area contributed by atoms with Gasteiger partial charge in [-0.05, 0) is 18.2 Å². The molecule has 0 spiro atoms. The van der Waals surface area contributed by atoms with Gasteiger partial charge in [-0.25, -0.2) is 4.39 Å². The van der Waals surface area contributed by atoms with Crippen LogP contribution in [0.15, 0.2) is 18.2 Å². The number of carboxylic acids is 1. The van der Waals surface area contributed by atoms with Crippen LogP contribution in [0.1, 0.15) is 5.56 Å². The zero-order valence-corrected chi connectivity index (χ0v) is 9.93. The molecule has 0 heterocycles. The highest BCUT2D eigenvalue weighted by Crippen LogP contribution is 2.34. The molecule has 0 radical (unpaired) electrons. The second kappa shape index (κ2) is 5.78. The van der Waals surface area contributed by atoms with Crippen molar-refractivity contribution < 1.29 is 45.4 Å². The predicted molar refractivity (Wildman–Crippen MR) is 54.1 cm³/mol. The van der Waals surface area contributed by atoms with Crippen LogP contribution in [0.25, 0.3) is 0 Å². The lowest BCUT2D eigenvalue weighted by Crippen LogP contribution is -2.35. The summed E-state index contributed by atoms with van der Waals surface area (Å²) in [4.78, 5) is 10.4. The Morgan fingerprint density at radius 3 is 2.19 bits per heavy atom. The lowest BCUT2D eigenvalue weighted by Gasteiger charge is -2.17. The largest absolute Gasteiger partial charge is 0.492 e. The highest BCUT2D eigenvalue weighted by atomic mass is 19.4. The Morgan fingerprint density at radius 2 is 1.76 bits per heavy atom. The van der Waals surface area contributed by atoms with Crippen LogP contribution < -0.4 is 4.74 Å². The normalized spacial score (nSPS) is 13.9. The molecule has 1 N–H and O–H groups in total. The first-order valence-electron chi connectivity index (χ1n) is 5.22. The van der Waals surface area contributed by atoms with E-state index in [0.717, 1.165) is 0 Å². The molecule has 118 valence electrons. The molecule has 0 saturated carbocycles. The van der Waals surface area contributed by atoms with Crippen LogP contribution in [0.5, 0.6) is 5.75 Å². The van der Waals surface area contributed by atoms with Gasteiger partial charge in [0.25, 0.3) is 0 Å². The number of rotatable bonds is 4. The molecule has 1 rings (SSSR count). The monoisotopic (exact) mass is 320 g/mol. The van der Waals surface area contributed by atoms with Crippen molar-refractivity contribution in [2.75, 3.05) is 6.61 Å². The van der Waals surface area contributed by atoms with E-state index in [2.05, 4.69) is 4.74 Å². The molecule has 0 aliphatic rings. The first kappa shape index (κ1) is 17.1. The quantitative estimate of drug-likeness (QED) is 0.864. The Morgan fingerprint density at radius 1 is 1.19 bits per heavy atom. The van der Waals surface area contributed by atoms with Crippen LogP contribution in [-0.2, 0) is 11.0 Å². The number of benzene rings is 1. The highest BCUT2D eigenvalue weighted by Gasteiger charge is 2.46. The van der Waals surface area contributed by atoms with Crippen molar-refractivity contribution in [3.05, 3.63) is 29.6 Å². The highest BCUT2D eigenvalue weighted by molar-refractivity contribution is 5.71. The molecule has 0 amide bonds. The Hall–Kier alpha value is -2.00. The number of carboxylic acid groups (broad SMARTS) is 1. The van der Waals surface area contributed by atoms with Crippen LogP contribution in [0.3, 0.4) is 0 Å². The number of hydrogen-bond donors (Lipinski definition) is 1. The first-order chi connectivity index (χ1) is 9.43. The minimum absolute atomic E-state index is 0.157. The number of hydrogen-bond acceptors (Lipinski definition) is 2. The Balaban J connectivity index is 2.92. The van der Waals surface area contributed by atoms with Gasteiger partial charge in [-0.3, -0.25) is 4.79 Å². The summed E-state index contributed by atoms with van der Waals surface area (Å²) in [5, 5.41) is 8.37. The van der Waals surface area contributed by atoms with E-state index >= 15 is 0 Å². The summed E-state index contributed by atoms with van der Waals surface area (Å²) in [6.07, 6.45) is -10.2. The van der Waals surface area contributed by atoms with Crippen molar-refractivity contribution in [1.82, 2.24) is 0 Å². The van der Waals surface area contributed by atoms with Gasteiger partial charge in [0, 0.05) is 0 Å². The second-order valence-electron chi connectivity index (χ2n) is 3.88. The van der Waals surface area contributed by atoms with Crippen molar-refractivity contribution >= 4 is 5.97 Å². The minimum Gasteiger partial charge on any atom is -0.492 e. The summed E-state index contributed by atoms with van der Waals surface area (Å²) < 4.78 is 91.4. The third kappa shape index (κ3) is 4.50. The molecule has 0 aromatic heterocycles. The smallest absolute Gasteiger partial charge is 0.419 e. The van der Waals surface area contributed by atoms with E-state index in [9.17, 15) is 35.5 Å². The van der Waals surface area contributed by atoms with E-state index in [0.29, 0.717) is 12.1 Å². The number of halogens is 7. The third-order valence-electron chi connectivity index (χ3n) is 2.35. The Labute approximate surface area is 112 Å². The Kier molecular flexibility index (Phi) is 4.69. The summed E-state index contributed by atoms with van der Waals surface area (Å²) >= 11 is 0. The molecule has 1 atom stereocenters. The summed E-state index contributed by atoms with van der Waals surface area (Å²) in [7, 11) is 0. The van der Waals surface area contributed by atoms with Crippen LogP contribution in [0.2, 0.25) is 0 Å². The third-order valence-corrected chi connectivity index (χ3v) is 2.35. The number of aliphatic carboxylic acids is 1. The fourth-order valence-electron chi connectivity index (χ4n) is 1.30. The van der Waals surface area contributed by atoms with Gasteiger partial charge >= 0.3 is 18.3 Å². The lowest BCUT2D eigenvalue weighted by molar-refractivity contribution is -0.198. The molecule has 10 heteroatoms. The fraction of sp³-hybridized carbons (Fsp3) is 0.364. The van der Waals surface area contributed by atoms with Gasteiger partial charge in [-0.1, -0.05) is 0 Å². The van der Waals surface area contributed by atoms with Crippen molar-refractivity contribution in [3.63, 3.8) is 0 Å². The molecule has 0 aliphatic heterocycles. The molecule has 0 aliphatic carbocycles. The van der Waals surface area contributed by atoms with E-state index in [4.69, 9.17) is 5.11 Å². The zero-order valence-electron chi connectivity index (χ0n) is 9.93. The molecule has 3 nitrogen and oxygen atoms in total. The maximum Gasteiger partial charge on any atom is 0.419 e. The van der Waals surface area contributed by atoms with Gasteiger partial charge in [0.05, 0.1) is 5.56 Å². The molecule has 21 heavy (non-hydrogen) atoms. The van der Waals surface area contributed by atoms with Crippen LogP contribution >= 0.6 is 0 Å². The van der Waals surface area contributed by atoms with E-state index in [1.807, 2.05) is 0 Å². The second-order valence-corrected chi connectivity index (χ2v) is 3.88. The van der Waals surface area contributed by atoms with E-state index in [1.165, 1.54) is 0 Å². The number of carbonyl (C=O) groups is 1. The molecule has 1 aromatic rings. The molecule has 0 bridgehead atoms. The maximum atomic E-state index is 12.9. The fourth-order valence-corrected chi connectivity index (χ4v) is 1.30. The summed E-state index contributed by atoms with van der Waals surface area (Å²) in [6.45, 7) is -1.43. The van der Waals surface area contributed by atoms with Crippen LogP contribution in [-0.4, -0.2) is 23.9 Å². The average Bonchev–Trinajstić information content (AvgIpc) is 2.27. The van der Waals surface area contributed by atoms with Crippen molar-refractivity contribution in [3.8, 4) is 5.75 Å². The first-order valence-corrected chi connectivity index (χ1v) is 5.22. The predicted octanol–water partition coefficient (Wildman–Crippen LogP) is 3.49. The van der Waals surface area contributed by atoms with Gasteiger partial charge in [0.15, 0.2) is 5.92 Å². The molecule has 1 unspecified atom stereocenters. The standard InChI is InChI=1S/C11H7F7O3/c12-8-2-1-5(3-6(8)10(13,14)15)21-4-7(9(19)20)11(16,17)18/h1-3,7H,4H2,(H,19,20). The van der Waals surface area contributed by atoms with E-state index in [1.54, 1.807) is 0 Å². The van der Waals surface area contributed by atoms with Gasteiger partial charge in [0.2, 0.25) is 0 Å². The minimum atomic E-state index is -5.13. The topological polar surface area (TPSA) is 46.5 Å². The van der Waals surface area contributed by atoms with E-state index < -0.39 is 48.0 Å². The van der Waals surface area contributed by atoms with Crippen LogP contribution in [0.4, 0.5) is 30.7 Å². The molecule has 0 saturated heterocycles. The number of alkyl halides is 6. The van der Waals surface area contributed by atoms with Gasteiger partial charge < -0.3 is 9.84 Å². The van der Waals surface area contributed by atoms with Crippen molar-refractivity contribution in [2.45, 2.75) is 12.4 Å². The van der Waals surface area contributed by atoms with Crippen LogP contribution in [0, 0.1) is 11.7 Å². The molecular formula is C11H7F7O3. The van der Waals surface area contributed by atoms with E-state index in [-0.39, 0.29) is 6.07 Å². The van der Waals surface area contributed by atoms with Crippen molar-refractivity contribution in [1.29, 1.82) is 0 Å². The lowest BCUT2D eigenvalue weighted by atomic mass is 10.1. The Bertz CT molecular complexity index is 522. The van der Waals surface area contributed by atoms with Gasteiger partial charge in [-0.15, -0.1) is 0 Å². The number of ether oxygens (including phenoxy) is 1. The molecule has 1 aromatic carbocycles. The SMILES string of the molecule is O=C(O)C(COc1ccc(F)c(C(F)(F)F)c1)C(F)(F)F. The summed E-state index contributed by atoms with van der Waals surface area (Å²) in [6, 6.07) is 1.19. The average molecular weight is 320 g/mol. The van der Waals surface area contributed by atoms with Gasteiger partial charge in [0.1, 0.15) is 18.2 Å². The molecular weight excluding hydrogens is 313 g/mol. The summed E-state index contributed by atoms with van der Waals surface area (Å²) in [5.41, 5.74) is -1.72. The maximum absolute atomic E-state index is 12.9. The summed E-state index contributed by atoms with van der Waals surface area (Å²) in [5.74, 6) is -7.49. The van der Waals surface area contributed by atoms with Gasteiger partial charge in [-0.2, -0.15) is 26.3 Å². The van der Waals surface area contributed by atoms with Crippen molar-refractivity contribution in [2.24, 2.45) is 5.92 Å².